The molecule has 0 bridgehead atoms. The molecule has 0 saturated carbocycles. The summed E-state index contributed by atoms with van der Waals surface area (Å²) < 4.78 is 4.82. The highest BCUT2D eigenvalue weighted by atomic mass is 32.2. The first-order valence-electron chi connectivity index (χ1n) is 6.24. The summed E-state index contributed by atoms with van der Waals surface area (Å²) in [5, 5.41) is 13.0. The van der Waals surface area contributed by atoms with Gasteiger partial charge in [0.25, 0.3) is 0 Å². The van der Waals surface area contributed by atoms with Crippen LogP contribution in [0.4, 0.5) is 5.82 Å². The van der Waals surface area contributed by atoms with Crippen LogP contribution in [-0.2, 0) is 9.53 Å². The van der Waals surface area contributed by atoms with Crippen LogP contribution in [0.15, 0.2) is 17.4 Å². The Hall–Kier alpha value is -1.60. The quantitative estimate of drug-likeness (QED) is 0.342. The molecule has 6 nitrogen and oxygen atoms in total. The van der Waals surface area contributed by atoms with Gasteiger partial charge in [-0.05, 0) is 26.2 Å². The monoisotopic (exact) mass is 297 g/mol. The summed E-state index contributed by atoms with van der Waals surface area (Å²) in [7, 11) is 0. The molecule has 0 unspecified atom stereocenters. The molecule has 0 radical (unpaired) electrons. The Balaban J connectivity index is 2.89. The van der Waals surface area contributed by atoms with Gasteiger partial charge in [0.2, 0.25) is 0 Å². The van der Waals surface area contributed by atoms with E-state index in [2.05, 4.69) is 15.3 Å². The van der Waals surface area contributed by atoms with Crippen molar-refractivity contribution in [2.24, 2.45) is 0 Å². The molecule has 0 saturated heterocycles. The fraction of sp³-hybridized carbons (Fsp3) is 0.462. The molecule has 2 N–H and O–H groups in total. The number of hydrogen-bond donors (Lipinski definition) is 2. The van der Waals surface area contributed by atoms with Gasteiger partial charge in [-0.1, -0.05) is 11.8 Å². The third kappa shape index (κ3) is 5.58. The molecule has 1 heterocycles. The number of hydrogen-bond acceptors (Lipinski definition) is 7. The Kier molecular flexibility index (Phi) is 7.03. The lowest BCUT2D eigenvalue weighted by atomic mass is 10.2. The van der Waals surface area contributed by atoms with E-state index in [1.165, 1.54) is 17.8 Å². The Labute approximate surface area is 122 Å². The van der Waals surface area contributed by atoms with Gasteiger partial charge >= 0.3 is 5.97 Å². The van der Waals surface area contributed by atoms with Crippen LogP contribution in [0.25, 0.3) is 6.08 Å². The van der Waals surface area contributed by atoms with Gasteiger partial charge in [0.05, 0.1) is 12.7 Å². The number of nitrogens with one attached hydrogen (secondary N) is 1. The lowest BCUT2D eigenvalue weighted by Crippen LogP contribution is -2.17. The molecule has 0 spiro atoms. The molecule has 0 aliphatic heterocycles. The van der Waals surface area contributed by atoms with Crippen LogP contribution < -0.4 is 5.32 Å². The lowest BCUT2D eigenvalue weighted by Gasteiger charge is -2.10. The van der Waals surface area contributed by atoms with E-state index >= 15 is 0 Å². The zero-order chi connectivity index (χ0) is 15.0. The van der Waals surface area contributed by atoms with E-state index in [1.807, 2.05) is 6.26 Å². The first-order chi connectivity index (χ1) is 9.56. The maximum absolute atomic E-state index is 11.3. The van der Waals surface area contributed by atoms with Crippen LogP contribution in [0.1, 0.15) is 19.4 Å². The predicted molar refractivity (Wildman–Crippen MR) is 79.7 cm³/mol. The molecule has 1 aromatic rings. The Bertz CT molecular complexity index is 478. The average molecular weight is 297 g/mol. The van der Waals surface area contributed by atoms with Crippen molar-refractivity contribution in [2.75, 3.05) is 24.7 Å². The van der Waals surface area contributed by atoms with E-state index in [1.54, 1.807) is 26.1 Å². The summed E-state index contributed by atoms with van der Waals surface area (Å²) in [6.45, 7) is 4.12. The minimum atomic E-state index is -0.496. The molecule has 0 aromatic carbocycles. The molecular weight excluding hydrogens is 278 g/mol. The highest BCUT2D eigenvalue weighted by Gasteiger charge is 2.06. The van der Waals surface area contributed by atoms with Crippen molar-refractivity contribution in [1.29, 1.82) is 0 Å². The van der Waals surface area contributed by atoms with E-state index in [4.69, 9.17) is 4.74 Å². The van der Waals surface area contributed by atoms with E-state index in [9.17, 15) is 9.90 Å². The molecule has 7 heteroatoms. The molecule has 1 aromatic heterocycles. The predicted octanol–water partition coefficient (Wildman–Crippen LogP) is 1.57. The zero-order valence-corrected chi connectivity index (χ0v) is 12.6. The number of carbonyl (C=O) groups is 1. The van der Waals surface area contributed by atoms with E-state index in [0.29, 0.717) is 29.7 Å². The first kappa shape index (κ1) is 16.5. The molecule has 0 aliphatic carbocycles. The molecule has 1 atom stereocenters. The summed E-state index contributed by atoms with van der Waals surface area (Å²) in [5.41, 5.74) is 0.663. The van der Waals surface area contributed by atoms with Crippen molar-refractivity contribution in [2.45, 2.75) is 25.1 Å². The number of aliphatic hydroxyl groups is 1. The summed E-state index contributed by atoms with van der Waals surface area (Å²) in [5.74, 6) is 0.161. The lowest BCUT2D eigenvalue weighted by molar-refractivity contribution is -0.137. The number of rotatable bonds is 7. The summed E-state index contributed by atoms with van der Waals surface area (Å²) >= 11 is 1.42. The Morgan fingerprint density at radius 1 is 1.65 bits per heavy atom. The molecule has 110 valence electrons. The van der Waals surface area contributed by atoms with Gasteiger partial charge in [-0.15, -0.1) is 0 Å². The fourth-order valence-corrected chi connectivity index (χ4v) is 1.67. The number of carbonyl (C=O) groups excluding carboxylic acids is 1. The van der Waals surface area contributed by atoms with Crippen molar-refractivity contribution in [1.82, 2.24) is 9.97 Å². The van der Waals surface area contributed by atoms with Gasteiger partial charge in [0.1, 0.15) is 5.82 Å². The van der Waals surface area contributed by atoms with Crippen molar-refractivity contribution in [3.63, 3.8) is 0 Å². The number of esters is 1. The van der Waals surface area contributed by atoms with Crippen LogP contribution in [0.3, 0.4) is 0 Å². The molecule has 20 heavy (non-hydrogen) atoms. The fourth-order valence-electron chi connectivity index (χ4n) is 1.33. The van der Waals surface area contributed by atoms with E-state index < -0.39 is 12.1 Å². The Morgan fingerprint density at radius 2 is 2.40 bits per heavy atom. The summed E-state index contributed by atoms with van der Waals surface area (Å²) in [6.07, 6.45) is 5.92. The highest BCUT2D eigenvalue weighted by Crippen LogP contribution is 2.18. The van der Waals surface area contributed by atoms with E-state index in [0.717, 1.165) is 0 Å². The minimum absolute atomic E-state index is 0.332. The standard InChI is InChI=1S/C13H19N3O3S/c1-4-19-11(18)6-5-10-8-15-13(20-3)16-12(10)14-7-9(2)17/h5-6,8-9,17H,4,7H2,1-3H3,(H,14,15,16)/b6-5+/t9-/m0/s1. The summed E-state index contributed by atoms with van der Waals surface area (Å²) in [6, 6.07) is 0. The van der Waals surface area contributed by atoms with Gasteiger partial charge in [-0.3, -0.25) is 0 Å². The number of thioether (sulfide) groups is 1. The number of aliphatic hydroxyl groups excluding tert-OH is 1. The second kappa shape index (κ2) is 8.55. The minimum Gasteiger partial charge on any atom is -0.463 e. The van der Waals surface area contributed by atoms with Gasteiger partial charge in [-0.25, -0.2) is 14.8 Å². The topological polar surface area (TPSA) is 84.3 Å². The van der Waals surface area contributed by atoms with Gasteiger partial charge < -0.3 is 15.2 Å². The van der Waals surface area contributed by atoms with E-state index in [-0.39, 0.29) is 0 Å². The molecule has 1 rings (SSSR count). The normalized spacial score (nSPS) is 12.4. The average Bonchev–Trinajstić information content (AvgIpc) is 2.43. The maximum Gasteiger partial charge on any atom is 0.330 e. The van der Waals surface area contributed by atoms with Crippen LogP contribution in [0.2, 0.25) is 0 Å². The number of nitrogens with zero attached hydrogens (tertiary/aromatic N) is 2. The Morgan fingerprint density at radius 3 is 3.00 bits per heavy atom. The van der Waals surface area contributed by atoms with Crippen molar-refractivity contribution < 1.29 is 14.6 Å². The number of aromatic nitrogens is 2. The molecule has 0 aliphatic rings. The molecular formula is C13H19N3O3S. The largest absolute Gasteiger partial charge is 0.463 e. The van der Waals surface area contributed by atoms with Gasteiger partial charge in [0.15, 0.2) is 5.16 Å². The third-order valence-electron chi connectivity index (χ3n) is 2.23. The second-order valence-electron chi connectivity index (χ2n) is 3.98. The number of anilines is 1. The van der Waals surface area contributed by atoms with Gasteiger partial charge in [-0.2, -0.15) is 0 Å². The third-order valence-corrected chi connectivity index (χ3v) is 2.79. The van der Waals surface area contributed by atoms with Crippen molar-refractivity contribution in [3.05, 3.63) is 17.8 Å². The SMILES string of the molecule is CCOC(=O)/C=C/c1cnc(SC)nc1NC[C@H](C)O. The maximum atomic E-state index is 11.3. The van der Waals surface area contributed by atoms with Crippen molar-refractivity contribution in [3.8, 4) is 0 Å². The zero-order valence-electron chi connectivity index (χ0n) is 11.8. The van der Waals surface area contributed by atoms with Crippen LogP contribution in [-0.4, -0.2) is 46.6 Å². The highest BCUT2D eigenvalue weighted by molar-refractivity contribution is 7.98. The van der Waals surface area contributed by atoms with Gasteiger partial charge in [0, 0.05) is 24.4 Å². The van der Waals surface area contributed by atoms with Crippen LogP contribution >= 0.6 is 11.8 Å². The number of ether oxygens (including phenoxy) is 1. The van der Waals surface area contributed by atoms with Crippen molar-refractivity contribution >= 4 is 29.6 Å². The smallest absolute Gasteiger partial charge is 0.330 e. The first-order valence-corrected chi connectivity index (χ1v) is 7.47. The summed E-state index contributed by atoms with van der Waals surface area (Å²) in [4.78, 5) is 19.8. The molecule has 0 fully saturated rings. The van der Waals surface area contributed by atoms with Crippen LogP contribution in [0.5, 0.6) is 0 Å². The van der Waals surface area contributed by atoms with Crippen LogP contribution in [0, 0.1) is 0 Å². The molecule has 0 amide bonds. The second-order valence-corrected chi connectivity index (χ2v) is 4.75.